The van der Waals surface area contributed by atoms with E-state index in [1.807, 2.05) is 61.5 Å². The van der Waals surface area contributed by atoms with Crippen LogP contribution in [0.5, 0.6) is 5.75 Å². The minimum Gasteiger partial charge on any atom is -0.497 e. The topological polar surface area (TPSA) is 71.9 Å². The summed E-state index contributed by atoms with van der Waals surface area (Å²) in [6.45, 7) is 1.91. The zero-order valence-corrected chi connectivity index (χ0v) is 20.2. The lowest BCUT2D eigenvalue weighted by Crippen LogP contribution is -2.27. The highest BCUT2D eigenvalue weighted by Crippen LogP contribution is 2.40. The van der Waals surface area contributed by atoms with E-state index in [9.17, 15) is 8.42 Å². The fourth-order valence-corrected chi connectivity index (χ4v) is 5.76. The lowest BCUT2D eigenvalue weighted by atomic mass is 9.99. The maximum atomic E-state index is 13.7. The van der Waals surface area contributed by atoms with E-state index in [2.05, 4.69) is 10.1 Å². The van der Waals surface area contributed by atoms with Gasteiger partial charge in [0.05, 0.1) is 29.3 Å². The second-order valence-electron chi connectivity index (χ2n) is 8.15. The third kappa shape index (κ3) is 4.02. The largest absolute Gasteiger partial charge is 0.497 e. The van der Waals surface area contributed by atoms with Gasteiger partial charge in [-0.15, -0.1) is 0 Å². The molecule has 0 aliphatic carbocycles. The van der Waals surface area contributed by atoms with E-state index in [1.165, 1.54) is 4.41 Å². The summed E-state index contributed by atoms with van der Waals surface area (Å²) in [6, 6.07) is 23.0. The number of sulfonamides is 1. The third-order valence-electron chi connectivity index (χ3n) is 5.92. The van der Waals surface area contributed by atoms with Crippen molar-refractivity contribution in [2.24, 2.45) is 5.10 Å². The summed E-state index contributed by atoms with van der Waals surface area (Å²) < 4.78 is 33.9. The van der Waals surface area contributed by atoms with Crippen LogP contribution < -0.4 is 4.74 Å². The molecule has 0 fully saturated rings. The number of pyridine rings is 1. The van der Waals surface area contributed by atoms with Gasteiger partial charge < -0.3 is 4.74 Å². The van der Waals surface area contributed by atoms with Gasteiger partial charge in [-0.1, -0.05) is 47.5 Å². The van der Waals surface area contributed by atoms with Crippen LogP contribution in [0.15, 0.2) is 88.9 Å². The van der Waals surface area contributed by atoms with Crippen LogP contribution in [-0.2, 0) is 10.0 Å². The van der Waals surface area contributed by atoms with Gasteiger partial charge in [-0.3, -0.25) is 0 Å². The molecule has 1 aliphatic rings. The van der Waals surface area contributed by atoms with Crippen LogP contribution in [0, 0.1) is 6.92 Å². The van der Waals surface area contributed by atoms with E-state index in [-0.39, 0.29) is 10.0 Å². The Morgan fingerprint density at radius 2 is 1.71 bits per heavy atom. The number of para-hydroxylation sites is 1. The first kappa shape index (κ1) is 22.4. The lowest BCUT2D eigenvalue weighted by molar-refractivity contribution is 0.371. The number of fused-ring (bicyclic) bond motifs is 1. The molecule has 6 nitrogen and oxygen atoms in total. The SMILES string of the molecule is COc1ccc(C2=NN(S(=O)(=O)c3ccc(C)cc3)C(c3cc4ccccc4nc3Cl)C2)cc1. The van der Waals surface area contributed by atoms with E-state index < -0.39 is 16.1 Å². The smallest absolute Gasteiger partial charge is 0.279 e. The highest BCUT2D eigenvalue weighted by atomic mass is 35.5. The molecule has 0 N–H and O–H groups in total. The van der Waals surface area contributed by atoms with Gasteiger partial charge in [0, 0.05) is 17.4 Å². The van der Waals surface area contributed by atoms with Gasteiger partial charge in [0.1, 0.15) is 10.9 Å². The highest BCUT2D eigenvalue weighted by molar-refractivity contribution is 7.89. The summed E-state index contributed by atoms with van der Waals surface area (Å²) in [5.74, 6) is 0.713. The van der Waals surface area contributed by atoms with Crippen molar-refractivity contribution in [3.63, 3.8) is 0 Å². The molecule has 0 bridgehead atoms. The predicted molar refractivity (Wildman–Crippen MR) is 134 cm³/mol. The van der Waals surface area contributed by atoms with Crippen molar-refractivity contribution in [2.75, 3.05) is 7.11 Å². The highest BCUT2D eigenvalue weighted by Gasteiger charge is 2.39. The molecule has 5 rings (SSSR count). The standard InChI is InChI=1S/C26H22ClN3O3S/c1-17-7-13-21(14-8-17)34(31,32)30-25(16-24(29-30)18-9-11-20(33-2)12-10-18)22-15-19-5-3-4-6-23(19)28-26(22)27/h3-15,25H,16H2,1-2H3. The summed E-state index contributed by atoms with van der Waals surface area (Å²) >= 11 is 6.60. The molecule has 1 atom stereocenters. The predicted octanol–water partition coefficient (Wildman–Crippen LogP) is 5.75. The zero-order valence-electron chi connectivity index (χ0n) is 18.6. The van der Waals surface area contributed by atoms with Crippen molar-refractivity contribution in [3.05, 3.63) is 101 Å². The summed E-state index contributed by atoms with van der Waals surface area (Å²) in [5.41, 5.74) is 3.80. The Labute approximate surface area is 203 Å². The fourth-order valence-electron chi connectivity index (χ4n) is 4.06. The quantitative estimate of drug-likeness (QED) is 0.333. The van der Waals surface area contributed by atoms with Crippen LogP contribution in [0.25, 0.3) is 10.9 Å². The molecule has 2 heterocycles. The van der Waals surface area contributed by atoms with Gasteiger partial charge in [-0.25, -0.2) is 4.98 Å². The molecule has 34 heavy (non-hydrogen) atoms. The first-order valence-electron chi connectivity index (χ1n) is 10.7. The van der Waals surface area contributed by atoms with Crippen molar-refractivity contribution in [3.8, 4) is 5.75 Å². The van der Waals surface area contributed by atoms with Crippen molar-refractivity contribution in [2.45, 2.75) is 24.3 Å². The molecule has 8 heteroatoms. The Kier molecular flexibility index (Phi) is 5.75. The number of hydrazone groups is 1. The minimum atomic E-state index is -3.94. The number of ether oxygens (including phenoxy) is 1. The molecule has 4 aromatic rings. The van der Waals surface area contributed by atoms with Crippen molar-refractivity contribution in [1.82, 2.24) is 9.40 Å². The second kappa shape index (κ2) is 8.74. The van der Waals surface area contributed by atoms with E-state index in [1.54, 1.807) is 31.4 Å². The number of hydrogen-bond acceptors (Lipinski definition) is 5. The summed E-state index contributed by atoms with van der Waals surface area (Å²) in [7, 11) is -2.34. The van der Waals surface area contributed by atoms with Gasteiger partial charge in [0.25, 0.3) is 10.0 Å². The molecule has 0 spiro atoms. The molecule has 0 saturated heterocycles. The second-order valence-corrected chi connectivity index (χ2v) is 10.3. The molecule has 3 aromatic carbocycles. The monoisotopic (exact) mass is 491 g/mol. The van der Waals surface area contributed by atoms with Crippen LogP contribution in [0.3, 0.4) is 0 Å². The van der Waals surface area contributed by atoms with Crippen LogP contribution in [0.2, 0.25) is 5.15 Å². The molecule has 0 saturated carbocycles. The van der Waals surface area contributed by atoms with Crippen molar-refractivity contribution >= 4 is 38.2 Å². The molecule has 0 radical (unpaired) electrons. The molecule has 172 valence electrons. The van der Waals surface area contributed by atoms with Gasteiger partial charge in [-0.2, -0.15) is 17.9 Å². The van der Waals surface area contributed by atoms with Crippen molar-refractivity contribution < 1.29 is 13.2 Å². The summed E-state index contributed by atoms with van der Waals surface area (Å²) in [4.78, 5) is 4.69. The molecule has 0 amide bonds. The van der Waals surface area contributed by atoms with E-state index in [0.717, 1.165) is 22.0 Å². The van der Waals surface area contributed by atoms with Crippen LogP contribution in [-0.4, -0.2) is 30.6 Å². The molecule has 1 aliphatic heterocycles. The van der Waals surface area contributed by atoms with Crippen LogP contribution in [0.1, 0.15) is 29.2 Å². The first-order chi connectivity index (χ1) is 16.4. The van der Waals surface area contributed by atoms with Gasteiger partial charge in [0.15, 0.2) is 0 Å². The number of nitrogens with zero attached hydrogens (tertiary/aromatic N) is 3. The van der Waals surface area contributed by atoms with Gasteiger partial charge in [0.2, 0.25) is 0 Å². The average Bonchev–Trinajstić information content (AvgIpc) is 3.30. The third-order valence-corrected chi connectivity index (χ3v) is 7.92. The Balaban J connectivity index is 1.63. The first-order valence-corrected chi connectivity index (χ1v) is 12.6. The normalized spacial score (nSPS) is 16.0. The van der Waals surface area contributed by atoms with E-state index in [4.69, 9.17) is 16.3 Å². The Morgan fingerprint density at radius 1 is 1.00 bits per heavy atom. The average molecular weight is 492 g/mol. The molecule has 1 aromatic heterocycles. The molecular weight excluding hydrogens is 470 g/mol. The Bertz CT molecular complexity index is 1500. The molecular formula is C26H22ClN3O3S. The fraction of sp³-hybridized carbons (Fsp3) is 0.154. The number of halogens is 1. The maximum absolute atomic E-state index is 13.7. The van der Waals surface area contributed by atoms with Gasteiger partial charge >= 0.3 is 0 Å². The summed E-state index contributed by atoms with van der Waals surface area (Å²) in [6.07, 6.45) is 0.358. The Hall–Kier alpha value is -3.42. The van der Waals surface area contributed by atoms with E-state index in [0.29, 0.717) is 23.4 Å². The number of hydrogen-bond donors (Lipinski definition) is 0. The summed E-state index contributed by atoms with van der Waals surface area (Å²) in [5, 5.41) is 5.74. The number of aromatic nitrogens is 1. The zero-order chi connectivity index (χ0) is 23.9. The van der Waals surface area contributed by atoms with Crippen molar-refractivity contribution in [1.29, 1.82) is 0 Å². The number of aryl methyl sites for hydroxylation is 1. The van der Waals surface area contributed by atoms with Crippen LogP contribution in [0.4, 0.5) is 0 Å². The maximum Gasteiger partial charge on any atom is 0.279 e. The number of benzene rings is 3. The number of methoxy groups -OCH3 is 1. The van der Waals surface area contributed by atoms with Crippen LogP contribution >= 0.6 is 11.6 Å². The minimum absolute atomic E-state index is 0.174. The number of rotatable bonds is 5. The molecule has 1 unspecified atom stereocenters. The van der Waals surface area contributed by atoms with E-state index >= 15 is 0 Å². The lowest BCUT2D eigenvalue weighted by Gasteiger charge is -2.24. The van der Waals surface area contributed by atoms with Gasteiger partial charge in [-0.05, 0) is 61.0 Å². The Morgan fingerprint density at radius 3 is 2.41 bits per heavy atom.